The monoisotopic (exact) mass is 518 g/mol. The molecule has 8 heteroatoms. The molecule has 0 amide bonds. The Bertz CT molecular complexity index is 1820. The number of aromatic nitrogens is 3. The van der Waals surface area contributed by atoms with E-state index < -0.39 is 0 Å². The highest BCUT2D eigenvalue weighted by Crippen LogP contribution is 2.40. The lowest BCUT2D eigenvalue weighted by Gasteiger charge is -2.14. The van der Waals surface area contributed by atoms with E-state index >= 15 is 0 Å². The van der Waals surface area contributed by atoms with Gasteiger partial charge in [-0.1, -0.05) is 53.8 Å². The van der Waals surface area contributed by atoms with Gasteiger partial charge in [0.2, 0.25) is 5.13 Å². The molecule has 186 valence electrons. The molecule has 0 saturated heterocycles. The van der Waals surface area contributed by atoms with Gasteiger partial charge < -0.3 is 9.15 Å². The van der Waals surface area contributed by atoms with Crippen LogP contribution in [-0.2, 0) is 0 Å². The number of thiazole rings is 1. The third-order valence-corrected chi connectivity index (χ3v) is 7.06. The second kappa shape index (κ2) is 9.91. The van der Waals surface area contributed by atoms with Crippen LogP contribution >= 0.6 is 11.3 Å². The smallest absolute Gasteiger partial charge is 0.266 e. The van der Waals surface area contributed by atoms with Crippen LogP contribution in [0, 0.1) is 0 Å². The summed E-state index contributed by atoms with van der Waals surface area (Å²) in [7, 11) is 1.61. The maximum absolute atomic E-state index is 13.9. The summed E-state index contributed by atoms with van der Waals surface area (Å²) in [5, 5.41) is 1.07. The van der Waals surface area contributed by atoms with Gasteiger partial charge in [0.1, 0.15) is 16.4 Å². The first-order valence-corrected chi connectivity index (χ1v) is 12.8. The Labute approximate surface area is 222 Å². The van der Waals surface area contributed by atoms with E-state index in [1.165, 1.54) is 11.3 Å². The van der Waals surface area contributed by atoms with Crippen LogP contribution in [0.1, 0.15) is 12.7 Å². The minimum atomic E-state index is -0.167. The van der Waals surface area contributed by atoms with E-state index in [0.29, 0.717) is 50.5 Å². The van der Waals surface area contributed by atoms with E-state index in [9.17, 15) is 4.79 Å². The van der Waals surface area contributed by atoms with Gasteiger partial charge >= 0.3 is 0 Å². The van der Waals surface area contributed by atoms with Crippen molar-refractivity contribution in [2.45, 2.75) is 6.92 Å². The van der Waals surface area contributed by atoms with Crippen molar-refractivity contribution in [3.05, 3.63) is 113 Å². The molecular weight excluding hydrogens is 496 g/mol. The molecule has 0 atom stereocenters. The Hall–Kier alpha value is -4.82. The van der Waals surface area contributed by atoms with Crippen LogP contribution in [0.25, 0.3) is 38.5 Å². The lowest BCUT2D eigenvalue weighted by molar-refractivity contribution is 0.414. The SMILES string of the molecule is COc1ccc(-n2c(-c3sc(N=C(C)c4ccco4)nc3-c3ccccc3)nc3ccccc3c2=O)cc1. The number of benzene rings is 3. The van der Waals surface area contributed by atoms with Crippen LogP contribution in [0.3, 0.4) is 0 Å². The van der Waals surface area contributed by atoms with Gasteiger partial charge in [-0.2, -0.15) is 0 Å². The summed E-state index contributed by atoms with van der Waals surface area (Å²) in [6.07, 6.45) is 1.61. The van der Waals surface area contributed by atoms with Crippen LogP contribution in [-0.4, -0.2) is 27.4 Å². The first kappa shape index (κ1) is 23.6. The number of hydrogen-bond donors (Lipinski definition) is 0. The topological polar surface area (TPSA) is 82.5 Å². The molecule has 0 spiro atoms. The standard InChI is InChI=1S/C30H22N4O3S/c1-19(25-13-8-18-37-25)31-30-33-26(20-9-4-3-5-10-20)27(38-30)28-32-24-12-7-6-11-23(24)29(35)34(28)21-14-16-22(36-2)17-15-21/h3-18H,1-2H3. The Morgan fingerprint density at radius 3 is 2.42 bits per heavy atom. The highest BCUT2D eigenvalue weighted by molar-refractivity contribution is 7.19. The van der Waals surface area contributed by atoms with E-state index in [0.717, 1.165) is 10.4 Å². The van der Waals surface area contributed by atoms with Crippen molar-refractivity contribution in [1.29, 1.82) is 0 Å². The fraction of sp³-hybridized carbons (Fsp3) is 0.0667. The van der Waals surface area contributed by atoms with Crippen LogP contribution < -0.4 is 10.3 Å². The van der Waals surface area contributed by atoms with E-state index in [2.05, 4.69) is 0 Å². The number of nitrogens with zero attached hydrogens (tertiary/aromatic N) is 4. The third-order valence-electron chi connectivity index (χ3n) is 6.11. The number of rotatable bonds is 6. The molecule has 0 aliphatic heterocycles. The van der Waals surface area contributed by atoms with Gasteiger partial charge in [0.05, 0.1) is 41.4 Å². The summed E-state index contributed by atoms with van der Waals surface area (Å²) in [4.78, 5) is 29.3. The zero-order chi connectivity index (χ0) is 26.1. The van der Waals surface area contributed by atoms with Crippen molar-refractivity contribution in [2.75, 3.05) is 7.11 Å². The van der Waals surface area contributed by atoms with Crippen molar-refractivity contribution in [3.8, 4) is 33.4 Å². The van der Waals surface area contributed by atoms with Gasteiger partial charge in [0.15, 0.2) is 5.82 Å². The second-order valence-corrected chi connectivity index (χ2v) is 9.48. The van der Waals surface area contributed by atoms with E-state index in [1.54, 1.807) is 24.0 Å². The number of methoxy groups -OCH3 is 1. The van der Waals surface area contributed by atoms with Gasteiger partial charge in [0, 0.05) is 5.56 Å². The summed E-state index contributed by atoms with van der Waals surface area (Å²) in [6, 6.07) is 28.3. The van der Waals surface area contributed by atoms with Gasteiger partial charge in [0.25, 0.3) is 5.56 Å². The predicted octanol–water partition coefficient (Wildman–Crippen LogP) is 6.92. The molecule has 6 rings (SSSR count). The van der Waals surface area contributed by atoms with Gasteiger partial charge in [-0.3, -0.25) is 9.36 Å². The third kappa shape index (κ3) is 4.31. The first-order valence-electron chi connectivity index (χ1n) is 11.9. The molecule has 0 radical (unpaired) electrons. The molecule has 0 aliphatic carbocycles. The van der Waals surface area contributed by atoms with Crippen molar-refractivity contribution >= 4 is 33.1 Å². The summed E-state index contributed by atoms with van der Waals surface area (Å²) < 4.78 is 12.5. The predicted molar refractivity (Wildman–Crippen MR) is 151 cm³/mol. The molecule has 0 saturated carbocycles. The Morgan fingerprint density at radius 1 is 0.921 bits per heavy atom. The minimum absolute atomic E-state index is 0.167. The van der Waals surface area contributed by atoms with Crippen molar-refractivity contribution < 1.29 is 9.15 Å². The summed E-state index contributed by atoms with van der Waals surface area (Å²) in [6.45, 7) is 1.88. The van der Waals surface area contributed by atoms with Crippen LogP contribution in [0.15, 0.2) is 111 Å². The zero-order valence-electron chi connectivity index (χ0n) is 20.7. The van der Waals surface area contributed by atoms with Crippen molar-refractivity contribution in [3.63, 3.8) is 0 Å². The van der Waals surface area contributed by atoms with Crippen LogP contribution in [0.2, 0.25) is 0 Å². The largest absolute Gasteiger partial charge is 0.497 e. The minimum Gasteiger partial charge on any atom is -0.497 e. The summed E-state index contributed by atoms with van der Waals surface area (Å²) in [5.74, 6) is 1.86. The van der Waals surface area contributed by atoms with Gasteiger partial charge in [-0.15, -0.1) is 0 Å². The molecule has 38 heavy (non-hydrogen) atoms. The number of fused-ring (bicyclic) bond motifs is 1. The van der Waals surface area contributed by atoms with E-state index in [-0.39, 0.29) is 5.56 Å². The molecule has 0 bridgehead atoms. The molecular formula is C30H22N4O3S. The second-order valence-electron chi connectivity index (χ2n) is 8.51. The molecule has 3 aromatic heterocycles. The van der Waals surface area contributed by atoms with Crippen LogP contribution in [0.5, 0.6) is 5.75 Å². The average Bonchev–Trinajstić information content (AvgIpc) is 3.65. The first-order chi connectivity index (χ1) is 18.6. The maximum atomic E-state index is 13.9. The molecule has 3 aromatic carbocycles. The molecule has 0 unspecified atom stereocenters. The number of furan rings is 1. The summed E-state index contributed by atoms with van der Waals surface area (Å²) in [5.41, 5.74) is 3.43. The average molecular weight is 519 g/mol. The number of hydrogen-bond acceptors (Lipinski definition) is 7. The van der Waals surface area contributed by atoms with E-state index in [1.807, 2.05) is 91.9 Å². The maximum Gasteiger partial charge on any atom is 0.266 e. The Kier molecular flexibility index (Phi) is 6.15. The molecule has 7 nitrogen and oxygen atoms in total. The molecule has 0 aliphatic rings. The molecule has 6 aromatic rings. The van der Waals surface area contributed by atoms with Gasteiger partial charge in [-0.05, 0) is 55.5 Å². The fourth-order valence-electron chi connectivity index (χ4n) is 4.24. The molecule has 0 fully saturated rings. The fourth-order valence-corrected chi connectivity index (χ4v) is 5.23. The van der Waals surface area contributed by atoms with Gasteiger partial charge in [-0.25, -0.2) is 15.0 Å². The quantitative estimate of drug-likeness (QED) is 0.224. The van der Waals surface area contributed by atoms with Crippen LogP contribution in [0.4, 0.5) is 5.13 Å². The number of ether oxygens (including phenoxy) is 1. The van der Waals surface area contributed by atoms with Crippen molar-refractivity contribution in [1.82, 2.24) is 14.5 Å². The highest BCUT2D eigenvalue weighted by atomic mass is 32.1. The van der Waals surface area contributed by atoms with E-state index in [4.69, 9.17) is 24.1 Å². The molecule has 0 N–H and O–H groups in total. The summed E-state index contributed by atoms with van der Waals surface area (Å²) >= 11 is 1.38. The Balaban J connectivity index is 1.64. The number of aliphatic imine (C=N–C) groups is 1. The molecule has 3 heterocycles. The van der Waals surface area contributed by atoms with Crippen molar-refractivity contribution in [2.24, 2.45) is 4.99 Å². The zero-order valence-corrected chi connectivity index (χ0v) is 21.5. The lowest BCUT2D eigenvalue weighted by Crippen LogP contribution is -2.21. The number of para-hydroxylation sites is 1. The normalized spacial score (nSPS) is 11.7. The lowest BCUT2D eigenvalue weighted by atomic mass is 10.1. The Morgan fingerprint density at radius 2 is 1.68 bits per heavy atom. The highest BCUT2D eigenvalue weighted by Gasteiger charge is 2.22.